The van der Waals surface area contributed by atoms with Crippen molar-refractivity contribution in [1.29, 1.82) is 0 Å². The molecular formula is C13H13BrClNOS. The summed E-state index contributed by atoms with van der Waals surface area (Å²) in [5, 5.41) is 4.74. The van der Waals surface area contributed by atoms with Gasteiger partial charge in [0.25, 0.3) is 0 Å². The molecule has 2 unspecified atom stereocenters. The number of halogens is 2. The smallest absolute Gasteiger partial charge is 0.139 e. The van der Waals surface area contributed by atoms with Gasteiger partial charge in [-0.25, -0.2) is 0 Å². The monoisotopic (exact) mass is 345 g/mol. The summed E-state index contributed by atoms with van der Waals surface area (Å²) < 4.78 is 6.81. The van der Waals surface area contributed by atoms with E-state index < -0.39 is 0 Å². The minimum atomic E-state index is -0.159. The van der Waals surface area contributed by atoms with Crippen molar-refractivity contribution in [2.24, 2.45) is 5.73 Å². The van der Waals surface area contributed by atoms with Crippen LogP contribution in [0.2, 0.25) is 5.02 Å². The van der Waals surface area contributed by atoms with E-state index >= 15 is 0 Å². The zero-order chi connectivity index (χ0) is 13.1. The Balaban J connectivity index is 2.24. The number of benzene rings is 1. The lowest BCUT2D eigenvalue weighted by atomic mass is 10.1. The van der Waals surface area contributed by atoms with Gasteiger partial charge < -0.3 is 10.5 Å². The first-order valence-corrected chi connectivity index (χ1v) is 7.58. The molecular weight excluding hydrogens is 334 g/mol. The van der Waals surface area contributed by atoms with Crippen molar-refractivity contribution in [1.82, 2.24) is 0 Å². The normalized spacial score (nSPS) is 14.2. The van der Waals surface area contributed by atoms with Gasteiger partial charge in [-0.3, -0.25) is 0 Å². The van der Waals surface area contributed by atoms with Gasteiger partial charge in [0.05, 0.1) is 4.47 Å². The quantitative estimate of drug-likeness (QED) is 0.876. The van der Waals surface area contributed by atoms with Gasteiger partial charge in [0.15, 0.2) is 0 Å². The van der Waals surface area contributed by atoms with Crippen LogP contribution < -0.4 is 10.5 Å². The first-order valence-electron chi connectivity index (χ1n) is 5.47. The molecule has 0 aliphatic heterocycles. The third-order valence-corrected chi connectivity index (χ3v) is 4.05. The maximum absolute atomic E-state index is 5.99. The molecule has 5 heteroatoms. The van der Waals surface area contributed by atoms with E-state index in [4.69, 9.17) is 22.1 Å². The molecule has 0 fully saturated rings. The molecule has 0 spiro atoms. The standard InChI is InChI=1S/C13H13BrClNOS/c1-8(16)13(9-4-5-18-7-9)17-12-3-2-10(15)6-11(12)14/h2-8,13H,16H2,1H3. The Kier molecular flexibility index (Phi) is 4.67. The third-order valence-electron chi connectivity index (χ3n) is 2.50. The average Bonchev–Trinajstić information content (AvgIpc) is 2.80. The Hall–Kier alpha value is -0.550. The molecule has 0 aliphatic rings. The SMILES string of the molecule is CC(N)C(Oc1ccc(Cl)cc1Br)c1ccsc1. The van der Waals surface area contributed by atoms with E-state index in [9.17, 15) is 0 Å². The van der Waals surface area contributed by atoms with Crippen LogP contribution in [-0.4, -0.2) is 6.04 Å². The fourth-order valence-electron chi connectivity index (χ4n) is 1.62. The maximum atomic E-state index is 5.99. The van der Waals surface area contributed by atoms with Gasteiger partial charge in [-0.1, -0.05) is 11.6 Å². The lowest BCUT2D eigenvalue weighted by Crippen LogP contribution is -2.28. The second kappa shape index (κ2) is 6.06. The summed E-state index contributed by atoms with van der Waals surface area (Å²) in [6.07, 6.45) is -0.159. The highest BCUT2D eigenvalue weighted by Gasteiger charge is 2.19. The van der Waals surface area contributed by atoms with E-state index in [0.29, 0.717) is 5.02 Å². The van der Waals surface area contributed by atoms with Gasteiger partial charge in [-0.2, -0.15) is 11.3 Å². The van der Waals surface area contributed by atoms with Crippen LogP contribution in [0.15, 0.2) is 39.5 Å². The molecule has 0 amide bonds. The van der Waals surface area contributed by atoms with Crippen LogP contribution in [-0.2, 0) is 0 Å². The Morgan fingerprint density at radius 1 is 1.39 bits per heavy atom. The van der Waals surface area contributed by atoms with Crippen molar-refractivity contribution in [3.8, 4) is 5.75 Å². The number of nitrogens with two attached hydrogens (primary N) is 1. The Morgan fingerprint density at radius 2 is 2.17 bits per heavy atom. The van der Waals surface area contributed by atoms with E-state index in [0.717, 1.165) is 15.8 Å². The minimum absolute atomic E-state index is 0.0952. The van der Waals surface area contributed by atoms with Gasteiger partial charge >= 0.3 is 0 Å². The fourth-order valence-corrected chi connectivity index (χ4v) is 3.08. The van der Waals surface area contributed by atoms with Crippen molar-refractivity contribution in [2.45, 2.75) is 19.1 Å². The highest BCUT2D eigenvalue weighted by molar-refractivity contribution is 9.10. The Morgan fingerprint density at radius 3 is 2.72 bits per heavy atom. The molecule has 2 atom stereocenters. The summed E-state index contributed by atoms with van der Waals surface area (Å²) in [5.41, 5.74) is 7.09. The maximum Gasteiger partial charge on any atom is 0.139 e. The van der Waals surface area contributed by atoms with Crippen molar-refractivity contribution in [2.75, 3.05) is 0 Å². The Bertz CT molecular complexity index is 516. The van der Waals surface area contributed by atoms with Gasteiger partial charge in [0.2, 0.25) is 0 Å². The van der Waals surface area contributed by atoms with Gasteiger partial charge in [0, 0.05) is 16.6 Å². The highest BCUT2D eigenvalue weighted by Crippen LogP contribution is 2.33. The second-order valence-corrected chi connectivity index (χ2v) is 6.10. The van der Waals surface area contributed by atoms with Crippen molar-refractivity contribution in [3.05, 3.63) is 50.1 Å². The highest BCUT2D eigenvalue weighted by atomic mass is 79.9. The van der Waals surface area contributed by atoms with Crippen LogP contribution in [0.4, 0.5) is 0 Å². The summed E-state index contributed by atoms with van der Waals surface area (Å²) in [6.45, 7) is 1.94. The average molecular weight is 347 g/mol. The number of thiophene rings is 1. The van der Waals surface area contributed by atoms with E-state index in [2.05, 4.69) is 21.3 Å². The molecule has 0 radical (unpaired) electrons. The molecule has 2 N–H and O–H groups in total. The summed E-state index contributed by atoms with van der Waals surface area (Å²) >= 11 is 11.0. The van der Waals surface area contributed by atoms with Crippen LogP contribution >= 0.6 is 38.9 Å². The first kappa shape index (κ1) is 13.9. The molecule has 18 heavy (non-hydrogen) atoms. The minimum Gasteiger partial charge on any atom is -0.483 e. The molecule has 0 saturated heterocycles. The van der Waals surface area contributed by atoms with Crippen LogP contribution in [0.5, 0.6) is 5.75 Å². The van der Waals surface area contributed by atoms with Crippen LogP contribution in [0.1, 0.15) is 18.6 Å². The summed E-state index contributed by atoms with van der Waals surface area (Å²) in [5.74, 6) is 0.743. The first-order chi connectivity index (χ1) is 8.58. The van der Waals surface area contributed by atoms with E-state index in [-0.39, 0.29) is 12.1 Å². The van der Waals surface area contributed by atoms with Crippen molar-refractivity contribution in [3.63, 3.8) is 0 Å². The van der Waals surface area contributed by atoms with Gasteiger partial charge in [0.1, 0.15) is 11.9 Å². The fraction of sp³-hybridized carbons (Fsp3) is 0.231. The van der Waals surface area contributed by atoms with E-state index in [1.807, 2.05) is 30.5 Å². The number of ether oxygens (including phenoxy) is 1. The molecule has 0 saturated carbocycles. The Labute approximate surface area is 124 Å². The molecule has 1 aromatic carbocycles. The summed E-state index contributed by atoms with van der Waals surface area (Å²) in [4.78, 5) is 0. The van der Waals surface area contributed by atoms with Gasteiger partial charge in [-0.05, 0) is 57.9 Å². The van der Waals surface area contributed by atoms with Crippen LogP contribution in [0.25, 0.3) is 0 Å². The van der Waals surface area contributed by atoms with Crippen molar-refractivity contribution >= 4 is 38.9 Å². The molecule has 2 nitrogen and oxygen atoms in total. The van der Waals surface area contributed by atoms with Crippen LogP contribution in [0.3, 0.4) is 0 Å². The van der Waals surface area contributed by atoms with Crippen LogP contribution in [0, 0.1) is 0 Å². The van der Waals surface area contributed by atoms with E-state index in [1.165, 1.54) is 0 Å². The molecule has 96 valence electrons. The summed E-state index contributed by atoms with van der Waals surface area (Å²) in [7, 11) is 0. The zero-order valence-electron chi connectivity index (χ0n) is 9.77. The summed E-state index contributed by atoms with van der Waals surface area (Å²) in [6, 6.07) is 7.38. The number of rotatable bonds is 4. The largest absolute Gasteiger partial charge is 0.483 e. The lowest BCUT2D eigenvalue weighted by Gasteiger charge is -2.22. The molecule has 2 aromatic rings. The predicted octanol–water partition coefficient (Wildman–Crippen LogP) is 4.63. The third kappa shape index (κ3) is 3.26. The predicted molar refractivity (Wildman–Crippen MR) is 80.5 cm³/mol. The van der Waals surface area contributed by atoms with Crippen molar-refractivity contribution < 1.29 is 4.74 Å². The second-order valence-electron chi connectivity index (χ2n) is 4.03. The molecule has 1 aromatic heterocycles. The molecule has 0 aliphatic carbocycles. The molecule has 1 heterocycles. The van der Waals surface area contributed by atoms with Gasteiger partial charge in [-0.15, -0.1) is 0 Å². The lowest BCUT2D eigenvalue weighted by molar-refractivity contribution is 0.179. The van der Waals surface area contributed by atoms with E-state index in [1.54, 1.807) is 17.4 Å². The number of hydrogen-bond donors (Lipinski definition) is 1. The molecule has 2 rings (SSSR count). The zero-order valence-corrected chi connectivity index (χ0v) is 12.9. The molecule has 0 bridgehead atoms. The topological polar surface area (TPSA) is 35.2 Å². The number of hydrogen-bond acceptors (Lipinski definition) is 3.